The second-order valence-corrected chi connectivity index (χ2v) is 7.67. The Morgan fingerprint density at radius 1 is 1.17 bits per heavy atom. The van der Waals surface area contributed by atoms with Crippen LogP contribution in [0.15, 0.2) is 48.7 Å². The number of halogens is 2. The molecular formula is C22H29Cl2N3O2. The lowest BCUT2D eigenvalue weighted by Crippen LogP contribution is -2.47. The van der Waals surface area contributed by atoms with E-state index in [1.54, 1.807) is 6.20 Å². The molecule has 2 fully saturated rings. The predicted octanol–water partition coefficient (Wildman–Crippen LogP) is 3.90. The Balaban J connectivity index is 0.00000150. The van der Waals surface area contributed by atoms with Crippen molar-refractivity contribution in [1.82, 2.24) is 15.6 Å². The third-order valence-corrected chi connectivity index (χ3v) is 5.98. The maximum absolute atomic E-state index is 12.9. The summed E-state index contributed by atoms with van der Waals surface area (Å²) in [6.45, 7) is 2.82. The van der Waals surface area contributed by atoms with Gasteiger partial charge in [0.1, 0.15) is 12.4 Å². The minimum atomic E-state index is -0.190. The van der Waals surface area contributed by atoms with Crippen LogP contribution in [-0.2, 0) is 17.9 Å². The van der Waals surface area contributed by atoms with Crippen LogP contribution in [0.4, 0.5) is 0 Å². The van der Waals surface area contributed by atoms with Gasteiger partial charge in [0, 0.05) is 19.3 Å². The highest BCUT2D eigenvalue weighted by Crippen LogP contribution is 2.43. The molecule has 2 aromatic rings. The van der Waals surface area contributed by atoms with Gasteiger partial charge in [-0.3, -0.25) is 9.78 Å². The van der Waals surface area contributed by atoms with E-state index in [1.807, 2.05) is 42.5 Å². The number of benzene rings is 1. The summed E-state index contributed by atoms with van der Waals surface area (Å²) < 4.78 is 5.77. The van der Waals surface area contributed by atoms with Gasteiger partial charge in [-0.15, -0.1) is 24.8 Å². The van der Waals surface area contributed by atoms with E-state index in [9.17, 15) is 4.79 Å². The van der Waals surface area contributed by atoms with Gasteiger partial charge in [0.2, 0.25) is 5.91 Å². The number of nitrogens with zero attached hydrogens (tertiary/aromatic N) is 1. The van der Waals surface area contributed by atoms with E-state index in [0.29, 0.717) is 19.1 Å². The highest BCUT2D eigenvalue weighted by Gasteiger charge is 2.49. The lowest BCUT2D eigenvalue weighted by Gasteiger charge is -2.37. The minimum absolute atomic E-state index is 0. The van der Waals surface area contributed by atoms with E-state index < -0.39 is 0 Å². The van der Waals surface area contributed by atoms with E-state index in [1.165, 1.54) is 12.8 Å². The second kappa shape index (κ2) is 10.8. The van der Waals surface area contributed by atoms with Crippen LogP contribution in [0.5, 0.6) is 5.75 Å². The lowest BCUT2D eigenvalue weighted by atomic mass is 9.67. The van der Waals surface area contributed by atoms with E-state index >= 15 is 0 Å². The molecule has 1 aliphatic carbocycles. The number of amides is 1. The van der Waals surface area contributed by atoms with Crippen molar-refractivity contribution in [2.75, 3.05) is 13.1 Å². The zero-order valence-electron chi connectivity index (χ0n) is 16.4. The molecule has 7 heteroatoms. The standard InChI is InChI=1S/C22H27N3O2.2ClH/c26-21(22-11-3-1-5-18(22)14-23-16-22)25-13-17-7-9-20(10-8-17)27-15-19-6-2-4-12-24-19;;/h2,4,6-10,12,18,23H,1,3,5,11,13-16H2,(H,25,26);2*1H/t18-,22+;;/m0../s1. The maximum atomic E-state index is 12.9. The number of rotatable bonds is 6. The Kier molecular flexibility index (Phi) is 8.75. The number of hydrogen-bond acceptors (Lipinski definition) is 4. The summed E-state index contributed by atoms with van der Waals surface area (Å²) >= 11 is 0. The molecule has 5 nitrogen and oxygen atoms in total. The number of fused-ring (bicyclic) bond motifs is 1. The predicted molar refractivity (Wildman–Crippen MR) is 119 cm³/mol. The molecule has 2 atom stereocenters. The number of nitrogens with one attached hydrogen (secondary N) is 2. The molecule has 1 saturated heterocycles. The van der Waals surface area contributed by atoms with Crippen molar-refractivity contribution in [2.45, 2.75) is 38.8 Å². The van der Waals surface area contributed by atoms with Crippen LogP contribution in [0.1, 0.15) is 36.9 Å². The quantitative estimate of drug-likeness (QED) is 0.718. The Bertz CT molecular complexity index is 773. The summed E-state index contributed by atoms with van der Waals surface area (Å²) in [6.07, 6.45) is 6.36. The van der Waals surface area contributed by atoms with Crippen LogP contribution in [0, 0.1) is 11.3 Å². The molecule has 1 saturated carbocycles. The molecule has 2 heterocycles. The number of hydrogen-bond donors (Lipinski definition) is 2. The molecule has 29 heavy (non-hydrogen) atoms. The second-order valence-electron chi connectivity index (χ2n) is 7.67. The van der Waals surface area contributed by atoms with Crippen LogP contribution in [0.2, 0.25) is 0 Å². The van der Waals surface area contributed by atoms with Crippen molar-refractivity contribution in [3.05, 3.63) is 59.9 Å². The van der Waals surface area contributed by atoms with E-state index in [-0.39, 0.29) is 36.1 Å². The zero-order chi connectivity index (χ0) is 18.5. The van der Waals surface area contributed by atoms with Crippen LogP contribution in [-0.4, -0.2) is 24.0 Å². The van der Waals surface area contributed by atoms with Gasteiger partial charge in [-0.25, -0.2) is 0 Å². The van der Waals surface area contributed by atoms with Gasteiger partial charge >= 0.3 is 0 Å². The van der Waals surface area contributed by atoms with E-state index in [0.717, 1.165) is 42.9 Å². The van der Waals surface area contributed by atoms with E-state index in [4.69, 9.17) is 4.74 Å². The Morgan fingerprint density at radius 3 is 2.76 bits per heavy atom. The number of carbonyl (C=O) groups excluding carboxylic acids is 1. The number of carbonyl (C=O) groups is 1. The summed E-state index contributed by atoms with van der Waals surface area (Å²) in [5, 5.41) is 6.62. The highest BCUT2D eigenvalue weighted by atomic mass is 35.5. The maximum Gasteiger partial charge on any atom is 0.228 e. The van der Waals surface area contributed by atoms with Gasteiger partial charge in [-0.1, -0.05) is 31.0 Å². The molecule has 1 aromatic heterocycles. The van der Waals surface area contributed by atoms with Crippen molar-refractivity contribution < 1.29 is 9.53 Å². The molecule has 1 aliphatic heterocycles. The van der Waals surface area contributed by atoms with Gasteiger partial charge in [0.25, 0.3) is 0 Å². The first kappa shape index (κ1) is 23.5. The first-order chi connectivity index (χ1) is 13.3. The molecular weight excluding hydrogens is 409 g/mol. The summed E-state index contributed by atoms with van der Waals surface area (Å²) in [6, 6.07) is 13.7. The van der Waals surface area contributed by atoms with Gasteiger partial charge in [0.15, 0.2) is 0 Å². The SMILES string of the molecule is Cl.Cl.O=C(NCc1ccc(OCc2ccccn2)cc1)[C@@]12CCCC[C@H]1CNC2. The average molecular weight is 438 g/mol. The fourth-order valence-electron chi connectivity index (χ4n) is 4.39. The average Bonchev–Trinajstić information content (AvgIpc) is 3.17. The van der Waals surface area contributed by atoms with Crippen LogP contribution in [0.3, 0.4) is 0 Å². The molecule has 2 aliphatic rings. The number of ether oxygens (including phenoxy) is 1. The summed E-state index contributed by atoms with van der Waals surface area (Å²) in [5.41, 5.74) is 1.80. The van der Waals surface area contributed by atoms with Crippen LogP contribution in [0.25, 0.3) is 0 Å². The summed E-state index contributed by atoms with van der Waals surface area (Å²) in [5.74, 6) is 1.52. The molecule has 0 spiro atoms. The molecule has 158 valence electrons. The van der Waals surface area contributed by atoms with Crippen molar-refractivity contribution in [3.63, 3.8) is 0 Å². The summed E-state index contributed by atoms with van der Waals surface area (Å²) in [7, 11) is 0. The lowest BCUT2D eigenvalue weighted by molar-refractivity contribution is -0.134. The molecule has 4 rings (SSSR count). The van der Waals surface area contributed by atoms with Crippen molar-refractivity contribution in [3.8, 4) is 5.75 Å². The molecule has 0 bridgehead atoms. The Labute approximate surface area is 184 Å². The third-order valence-electron chi connectivity index (χ3n) is 5.98. The summed E-state index contributed by atoms with van der Waals surface area (Å²) in [4.78, 5) is 17.2. The fourth-order valence-corrected chi connectivity index (χ4v) is 4.39. The zero-order valence-corrected chi connectivity index (χ0v) is 18.1. The molecule has 0 unspecified atom stereocenters. The largest absolute Gasteiger partial charge is 0.487 e. The van der Waals surface area contributed by atoms with Crippen molar-refractivity contribution in [2.24, 2.45) is 11.3 Å². The first-order valence-corrected chi connectivity index (χ1v) is 9.87. The van der Waals surface area contributed by atoms with Crippen LogP contribution >= 0.6 is 24.8 Å². The molecule has 1 amide bonds. The van der Waals surface area contributed by atoms with Crippen LogP contribution < -0.4 is 15.4 Å². The van der Waals surface area contributed by atoms with Gasteiger partial charge in [-0.05, 0) is 55.1 Å². The Morgan fingerprint density at radius 2 is 2.00 bits per heavy atom. The van der Waals surface area contributed by atoms with Crippen molar-refractivity contribution >= 4 is 30.7 Å². The normalized spacial score (nSPS) is 22.6. The highest BCUT2D eigenvalue weighted by molar-refractivity contribution is 5.85. The fraction of sp³-hybridized carbons (Fsp3) is 0.455. The molecule has 1 aromatic carbocycles. The van der Waals surface area contributed by atoms with Gasteiger partial charge in [-0.2, -0.15) is 0 Å². The third kappa shape index (κ3) is 5.41. The van der Waals surface area contributed by atoms with Gasteiger partial charge in [0.05, 0.1) is 11.1 Å². The smallest absolute Gasteiger partial charge is 0.228 e. The Hall–Kier alpha value is -1.82. The number of aromatic nitrogens is 1. The van der Waals surface area contributed by atoms with E-state index in [2.05, 4.69) is 15.6 Å². The number of pyridine rings is 1. The monoisotopic (exact) mass is 437 g/mol. The molecule has 2 N–H and O–H groups in total. The minimum Gasteiger partial charge on any atom is -0.487 e. The first-order valence-electron chi connectivity index (χ1n) is 9.87. The molecule has 0 radical (unpaired) electrons. The van der Waals surface area contributed by atoms with Crippen molar-refractivity contribution in [1.29, 1.82) is 0 Å². The topological polar surface area (TPSA) is 63.2 Å². The van der Waals surface area contributed by atoms with Gasteiger partial charge < -0.3 is 15.4 Å².